The van der Waals surface area contributed by atoms with E-state index in [4.69, 9.17) is 4.74 Å². The second-order valence-corrected chi connectivity index (χ2v) is 12.0. The molecule has 0 amide bonds. The van der Waals surface area contributed by atoms with E-state index < -0.39 is 0 Å². The van der Waals surface area contributed by atoms with E-state index in [0.717, 1.165) is 48.8 Å². The highest BCUT2D eigenvalue weighted by molar-refractivity contribution is 8.05. The average molecular weight is 509 g/mol. The Labute approximate surface area is 215 Å². The minimum atomic E-state index is -0.0767. The van der Waals surface area contributed by atoms with Gasteiger partial charge in [-0.25, -0.2) is 0 Å². The van der Waals surface area contributed by atoms with Crippen molar-refractivity contribution in [1.29, 1.82) is 0 Å². The van der Waals surface area contributed by atoms with E-state index in [1.807, 2.05) is 0 Å². The van der Waals surface area contributed by atoms with Crippen LogP contribution in [0.4, 0.5) is 11.4 Å². The number of H-pyrrole nitrogens is 1. The number of nitrogens with one attached hydrogen (secondary N) is 3. The summed E-state index contributed by atoms with van der Waals surface area (Å²) in [6.45, 7) is 11.3. The minimum Gasteiger partial charge on any atom is -0.384 e. The molecule has 3 heterocycles. The number of fused-ring (bicyclic) bond motifs is 2. The number of aromatic nitrogens is 1. The summed E-state index contributed by atoms with van der Waals surface area (Å²) in [7, 11) is 0. The standard InChI is InChI=1S/C27H32N4O2S2/c1-27(2,3)29-10-9-28-18-7-8-22-24(15-18)34-23-6-4-5-20(26(23)35-22)21-16-19(17-25(32)30-21)31-11-13-33-14-12-31/h4-8,15-17,28-29H,9-14H2,1-3H3,(H,30,32). The molecule has 0 spiro atoms. The monoisotopic (exact) mass is 508 g/mol. The van der Waals surface area contributed by atoms with Crippen molar-refractivity contribution >= 4 is 34.9 Å². The number of hydrogen-bond acceptors (Lipinski definition) is 7. The minimum absolute atomic E-state index is 0.0767. The molecule has 1 aromatic heterocycles. The molecule has 0 unspecified atom stereocenters. The summed E-state index contributed by atoms with van der Waals surface area (Å²) >= 11 is 3.57. The molecule has 2 aliphatic rings. The van der Waals surface area contributed by atoms with Crippen LogP contribution in [0.3, 0.4) is 0 Å². The number of benzene rings is 2. The van der Waals surface area contributed by atoms with Crippen LogP contribution in [0.5, 0.6) is 0 Å². The number of rotatable bonds is 6. The third kappa shape index (κ3) is 5.89. The third-order valence-corrected chi connectivity index (χ3v) is 8.56. The lowest BCUT2D eigenvalue weighted by Gasteiger charge is -2.29. The average Bonchev–Trinajstić information content (AvgIpc) is 2.84. The van der Waals surface area contributed by atoms with Gasteiger partial charge in [-0.05, 0) is 51.1 Å². The van der Waals surface area contributed by atoms with Crippen molar-refractivity contribution in [3.63, 3.8) is 0 Å². The van der Waals surface area contributed by atoms with E-state index in [1.165, 1.54) is 19.6 Å². The first-order valence-corrected chi connectivity index (χ1v) is 13.7. The number of nitrogens with zero attached hydrogens (tertiary/aromatic N) is 1. The SMILES string of the molecule is CC(C)(C)NCCNc1ccc2c(c1)Sc1cccc(-c3cc(N4CCOCC4)cc(=O)[nH]3)c1S2. The summed E-state index contributed by atoms with van der Waals surface area (Å²) < 4.78 is 5.48. The summed E-state index contributed by atoms with van der Waals surface area (Å²) in [5.74, 6) is 0. The van der Waals surface area contributed by atoms with E-state index >= 15 is 0 Å². The zero-order valence-electron chi connectivity index (χ0n) is 20.4. The molecule has 184 valence electrons. The number of morpholine rings is 1. The molecular weight excluding hydrogens is 476 g/mol. The van der Waals surface area contributed by atoms with Gasteiger partial charge >= 0.3 is 0 Å². The van der Waals surface area contributed by atoms with Gasteiger partial charge in [0.05, 0.1) is 18.9 Å². The summed E-state index contributed by atoms with van der Waals surface area (Å²) in [5, 5.41) is 7.05. The maximum Gasteiger partial charge on any atom is 0.250 e. The van der Waals surface area contributed by atoms with Crippen LogP contribution in [0.15, 0.2) is 72.9 Å². The number of ether oxygens (including phenoxy) is 1. The Kier molecular flexibility index (Phi) is 7.16. The lowest BCUT2D eigenvalue weighted by molar-refractivity contribution is 0.122. The zero-order chi connectivity index (χ0) is 24.4. The molecule has 6 nitrogen and oxygen atoms in total. The van der Waals surface area contributed by atoms with Crippen LogP contribution in [0.25, 0.3) is 11.3 Å². The number of hydrogen-bond donors (Lipinski definition) is 3. The van der Waals surface area contributed by atoms with Gasteiger partial charge in [0.25, 0.3) is 0 Å². The van der Waals surface area contributed by atoms with Crippen molar-refractivity contribution in [3.8, 4) is 11.3 Å². The Morgan fingerprint density at radius 1 is 0.971 bits per heavy atom. The molecule has 0 bridgehead atoms. The first-order valence-electron chi connectivity index (χ1n) is 12.0. The molecule has 1 saturated heterocycles. The van der Waals surface area contributed by atoms with E-state index in [-0.39, 0.29) is 11.1 Å². The summed E-state index contributed by atoms with van der Waals surface area (Å²) in [6, 6.07) is 16.7. The molecule has 8 heteroatoms. The number of pyridine rings is 1. The normalized spacial score (nSPS) is 15.5. The molecule has 0 saturated carbocycles. The molecule has 1 fully saturated rings. The smallest absolute Gasteiger partial charge is 0.250 e. The number of anilines is 2. The molecule has 0 atom stereocenters. The van der Waals surface area contributed by atoms with Crippen molar-refractivity contribution in [2.45, 2.75) is 45.9 Å². The van der Waals surface area contributed by atoms with Gasteiger partial charge in [0.1, 0.15) is 0 Å². The van der Waals surface area contributed by atoms with Crippen LogP contribution in [0.2, 0.25) is 0 Å². The van der Waals surface area contributed by atoms with Gasteiger partial charge < -0.3 is 25.3 Å². The Morgan fingerprint density at radius 2 is 1.80 bits per heavy atom. The van der Waals surface area contributed by atoms with Crippen LogP contribution in [-0.4, -0.2) is 49.9 Å². The molecule has 0 radical (unpaired) electrons. The lowest BCUT2D eigenvalue weighted by Crippen LogP contribution is -2.38. The fraction of sp³-hybridized carbons (Fsp3) is 0.370. The van der Waals surface area contributed by atoms with Gasteiger partial charge in [-0.2, -0.15) is 0 Å². The number of aromatic amines is 1. The van der Waals surface area contributed by atoms with E-state index in [9.17, 15) is 4.79 Å². The largest absolute Gasteiger partial charge is 0.384 e. The second kappa shape index (κ2) is 10.3. The Morgan fingerprint density at radius 3 is 2.60 bits per heavy atom. The Hall–Kier alpha value is -2.39. The van der Waals surface area contributed by atoms with Crippen molar-refractivity contribution in [2.24, 2.45) is 0 Å². The maximum atomic E-state index is 12.6. The van der Waals surface area contributed by atoms with Gasteiger partial charge in [-0.3, -0.25) is 4.79 Å². The van der Waals surface area contributed by atoms with Crippen LogP contribution >= 0.6 is 23.5 Å². The van der Waals surface area contributed by atoms with Gasteiger partial charge in [0, 0.05) is 74.3 Å². The summed E-state index contributed by atoms with van der Waals surface area (Å²) in [4.78, 5) is 22.7. The van der Waals surface area contributed by atoms with Crippen LogP contribution in [0, 0.1) is 0 Å². The Balaban J connectivity index is 1.37. The highest BCUT2D eigenvalue weighted by Gasteiger charge is 2.22. The third-order valence-electron chi connectivity index (χ3n) is 5.96. The van der Waals surface area contributed by atoms with Gasteiger partial charge in [-0.15, -0.1) is 0 Å². The zero-order valence-corrected chi connectivity index (χ0v) is 22.1. The van der Waals surface area contributed by atoms with Crippen molar-refractivity contribution in [2.75, 3.05) is 49.6 Å². The molecule has 5 rings (SSSR count). The highest BCUT2D eigenvalue weighted by atomic mass is 32.2. The second-order valence-electron chi connectivity index (χ2n) is 9.82. The van der Waals surface area contributed by atoms with Crippen LogP contribution < -0.4 is 21.1 Å². The van der Waals surface area contributed by atoms with Crippen LogP contribution in [-0.2, 0) is 4.74 Å². The Bertz CT molecular complexity index is 1260. The first-order chi connectivity index (χ1) is 16.9. The van der Waals surface area contributed by atoms with Crippen LogP contribution in [0.1, 0.15) is 20.8 Å². The fourth-order valence-electron chi connectivity index (χ4n) is 4.25. The quantitative estimate of drug-likeness (QED) is 0.306. The van der Waals surface area contributed by atoms with Gasteiger partial charge in [0.2, 0.25) is 5.56 Å². The fourth-order valence-corrected chi connectivity index (χ4v) is 6.66. The summed E-state index contributed by atoms with van der Waals surface area (Å²) in [6.07, 6.45) is 0. The summed E-state index contributed by atoms with van der Waals surface area (Å²) in [5.41, 5.74) is 4.06. The van der Waals surface area contributed by atoms with E-state index in [2.05, 4.69) is 83.8 Å². The molecule has 3 N–H and O–H groups in total. The van der Waals surface area contributed by atoms with E-state index in [1.54, 1.807) is 29.6 Å². The molecular formula is C27H32N4O2S2. The predicted molar refractivity (Wildman–Crippen MR) is 146 cm³/mol. The molecule has 3 aromatic rings. The predicted octanol–water partition coefficient (Wildman–Crippen LogP) is 5.29. The molecule has 2 aromatic carbocycles. The van der Waals surface area contributed by atoms with Crippen molar-refractivity contribution < 1.29 is 4.74 Å². The van der Waals surface area contributed by atoms with Crippen molar-refractivity contribution in [3.05, 3.63) is 58.9 Å². The maximum absolute atomic E-state index is 12.6. The van der Waals surface area contributed by atoms with Crippen molar-refractivity contribution in [1.82, 2.24) is 10.3 Å². The molecule has 0 aliphatic carbocycles. The molecule has 2 aliphatic heterocycles. The van der Waals surface area contributed by atoms with Gasteiger partial charge in [-0.1, -0.05) is 35.7 Å². The van der Waals surface area contributed by atoms with E-state index in [0.29, 0.717) is 13.2 Å². The highest BCUT2D eigenvalue weighted by Crippen LogP contribution is 2.52. The molecule has 35 heavy (non-hydrogen) atoms. The first kappa shape index (κ1) is 24.3. The topological polar surface area (TPSA) is 69.4 Å². The lowest BCUT2D eigenvalue weighted by atomic mass is 10.1. The van der Waals surface area contributed by atoms with Gasteiger partial charge in [0.15, 0.2) is 0 Å².